The van der Waals surface area contributed by atoms with Crippen LogP contribution in [0.1, 0.15) is 6.42 Å². The molecule has 0 aromatic heterocycles. The second kappa shape index (κ2) is 7.36. The average molecular weight is 265 g/mol. The third-order valence-corrected chi connectivity index (χ3v) is 3.51. The van der Waals surface area contributed by atoms with E-state index in [0.29, 0.717) is 12.5 Å². The topological polar surface area (TPSA) is 30.9 Å². The predicted octanol–water partition coefficient (Wildman–Crippen LogP) is 2.04. The number of methoxy groups -OCH3 is 2. The van der Waals surface area contributed by atoms with Gasteiger partial charge in [0, 0.05) is 20.2 Å². The quantitative estimate of drug-likeness (QED) is 0.755. The van der Waals surface area contributed by atoms with Gasteiger partial charge in [-0.1, -0.05) is 12.1 Å². The Kier molecular flexibility index (Phi) is 5.48. The van der Waals surface area contributed by atoms with Crippen LogP contribution in [0.3, 0.4) is 0 Å². The molecular formula is C15H23NO3. The smallest absolute Gasteiger partial charge is 0.161 e. The molecule has 0 aliphatic carbocycles. The van der Waals surface area contributed by atoms with Crippen LogP contribution in [0.2, 0.25) is 0 Å². The molecule has 1 aromatic rings. The van der Waals surface area contributed by atoms with Crippen molar-refractivity contribution in [1.82, 2.24) is 4.90 Å². The molecule has 1 aromatic carbocycles. The molecular weight excluding hydrogens is 242 g/mol. The van der Waals surface area contributed by atoms with Crippen molar-refractivity contribution in [2.75, 3.05) is 47.1 Å². The summed E-state index contributed by atoms with van der Waals surface area (Å²) in [5, 5.41) is 0. The largest absolute Gasteiger partial charge is 0.493 e. The molecule has 0 saturated carbocycles. The van der Waals surface area contributed by atoms with Crippen molar-refractivity contribution < 1.29 is 14.2 Å². The summed E-state index contributed by atoms with van der Waals surface area (Å²) in [7, 11) is 3.44. The van der Waals surface area contributed by atoms with Gasteiger partial charge in [0.15, 0.2) is 11.5 Å². The highest BCUT2D eigenvalue weighted by atomic mass is 16.5. The van der Waals surface area contributed by atoms with E-state index in [2.05, 4.69) is 4.90 Å². The lowest BCUT2D eigenvalue weighted by Crippen LogP contribution is -2.26. The Labute approximate surface area is 115 Å². The van der Waals surface area contributed by atoms with Crippen LogP contribution in [-0.2, 0) is 4.74 Å². The number of hydrogen-bond acceptors (Lipinski definition) is 4. The molecule has 106 valence electrons. The molecule has 0 radical (unpaired) electrons. The Hall–Kier alpha value is -1.26. The minimum Gasteiger partial charge on any atom is -0.493 e. The molecule has 19 heavy (non-hydrogen) atoms. The van der Waals surface area contributed by atoms with Gasteiger partial charge in [0.25, 0.3) is 0 Å². The zero-order valence-corrected chi connectivity index (χ0v) is 11.8. The highest BCUT2D eigenvalue weighted by molar-refractivity contribution is 5.39. The summed E-state index contributed by atoms with van der Waals surface area (Å²) < 4.78 is 16.3. The van der Waals surface area contributed by atoms with Gasteiger partial charge >= 0.3 is 0 Å². The van der Waals surface area contributed by atoms with Crippen molar-refractivity contribution in [1.29, 1.82) is 0 Å². The zero-order chi connectivity index (χ0) is 13.5. The fourth-order valence-corrected chi connectivity index (χ4v) is 2.51. The van der Waals surface area contributed by atoms with Crippen LogP contribution >= 0.6 is 0 Å². The maximum Gasteiger partial charge on any atom is 0.161 e. The standard InChI is InChI=1S/C15H23NO3/c1-17-12-13-7-8-16(11-13)9-10-19-15-6-4-3-5-14(15)18-2/h3-6,13H,7-12H2,1-2H3. The summed E-state index contributed by atoms with van der Waals surface area (Å²) in [4.78, 5) is 2.43. The van der Waals surface area contributed by atoms with Crippen molar-refractivity contribution in [3.05, 3.63) is 24.3 Å². The first-order valence-corrected chi connectivity index (χ1v) is 6.80. The molecule has 4 heteroatoms. The summed E-state index contributed by atoms with van der Waals surface area (Å²) in [5.74, 6) is 2.29. The van der Waals surface area contributed by atoms with Gasteiger partial charge in [-0.3, -0.25) is 4.90 Å². The monoisotopic (exact) mass is 265 g/mol. The van der Waals surface area contributed by atoms with E-state index in [1.807, 2.05) is 24.3 Å². The van der Waals surface area contributed by atoms with Gasteiger partial charge in [-0.25, -0.2) is 0 Å². The molecule has 1 aliphatic heterocycles. The van der Waals surface area contributed by atoms with Crippen LogP contribution in [-0.4, -0.2) is 52.0 Å². The number of likely N-dealkylation sites (tertiary alicyclic amines) is 1. The third-order valence-electron chi connectivity index (χ3n) is 3.51. The van der Waals surface area contributed by atoms with Crippen molar-refractivity contribution in [3.63, 3.8) is 0 Å². The molecule has 0 amide bonds. The molecule has 1 fully saturated rings. The molecule has 1 atom stereocenters. The fourth-order valence-electron chi connectivity index (χ4n) is 2.51. The van der Waals surface area contributed by atoms with E-state index in [4.69, 9.17) is 14.2 Å². The van der Waals surface area contributed by atoms with E-state index in [1.165, 1.54) is 6.42 Å². The first kappa shape index (κ1) is 14.2. The molecule has 0 spiro atoms. The predicted molar refractivity (Wildman–Crippen MR) is 74.9 cm³/mol. The van der Waals surface area contributed by atoms with Gasteiger partial charge in [0.05, 0.1) is 13.7 Å². The van der Waals surface area contributed by atoms with Crippen molar-refractivity contribution in [2.24, 2.45) is 5.92 Å². The van der Waals surface area contributed by atoms with Crippen LogP contribution in [0, 0.1) is 5.92 Å². The van der Waals surface area contributed by atoms with E-state index >= 15 is 0 Å². The minimum absolute atomic E-state index is 0.677. The molecule has 2 rings (SSSR count). The SMILES string of the molecule is COCC1CCN(CCOc2ccccc2OC)C1. The summed E-state index contributed by atoms with van der Waals surface area (Å²) in [6.45, 7) is 4.77. The average Bonchev–Trinajstić information content (AvgIpc) is 2.87. The lowest BCUT2D eigenvalue weighted by Gasteiger charge is -2.17. The molecule has 1 unspecified atom stereocenters. The van der Waals surface area contributed by atoms with E-state index in [0.717, 1.165) is 37.7 Å². The number of para-hydroxylation sites is 2. The molecule has 1 aliphatic rings. The highest BCUT2D eigenvalue weighted by Gasteiger charge is 2.21. The van der Waals surface area contributed by atoms with E-state index < -0.39 is 0 Å². The Balaban J connectivity index is 1.72. The molecule has 1 saturated heterocycles. The highest BCUT2D eigenvalue weighted by Crippen LogP contribution is 2.25. The molecule has 0 bridgehead atoms. The second-order valence-corrected chi connectivity index (χ2v) is 4.91. The zero-order valence-electron chi connectivity index (χ0n) is 11.8. The maximum atomic E-state index is 5.79. The Morgan fingerprint density at radius 2 is 2.00 bits per heavy atom. The van der Waals surface area contributed by atoms with Crippen LogP contribution in [0.4, 0.5) is 0 Å². The van der Waals surface area contributed by atoms with Gasteiger partial charge in [-0.2, -0.15) is 0 Å². The van der Waals surface area contributed by atoms with Crippen LogP contribution in [0.25, 0.3) is 0 Å². The van der Waals surface area contributed by atoms with Gasteiger partial charge < -0.3 is 14.2 Å². The minimum atomic E-state index is 0.677. The van der Waals surface area contributed by atoms with E-state index in [1.54, 1.807) is 14.2 Å². The molecule has 0 N–H and O–H groups in total. The number of hydrogen-bond donors (Lipinski definition) is 0. The normalized spacial score (nSPS) is 19.6. The Bertz CT molecular complexity index is 383. The number of rotatable bonds is 7. The summed E-state index contributed by atoms with van der Waals surface area (Å²) in [6, 6.07) is 7.76. The van der Waals surface area contributed by atoms with Crippen LogP contribution < -0.4 is 9.47 Å². The lowest BCUT2D eigenvalue weighted by atomic mass is 10.1. The van der Waals surface area contributed by atoms with Crippen LogP contribution in [0.15, 0.2) is 24.3 Å². The fraction of sp³-hybridized carbons (Fsp3) is 0.600. The van der Waals surface area contributed by atoms with Crippen molar-refractivity contribution >= 4 is 0 Å². The summed E-state index contributed by atoms with van der Waals surface area (Å²) in [5.41, 5.74) is 0. The summed E-state index contributed by atoms with van der Waals surface area (Å²) in [6.07, 6.45) is 1.22. The Morgan fingerprint density at radius 1 is 1.21 bits per heavy atom. The van der Waals surface area contributed by atoms with Gasteiger partial charge in [-0.15, -0.1) is 0 Å². The van der Waals surface area contributed by atoms with Gasteiger partial charge in [0.1, 0.15) is 6.61 Å². The second-order valence-electron chi connectivity index (χ2n) is 4.91. The summed E-state index contributed by atoms with van der Waals surface area (Å²) >= 11 is 0. The van der Waals surface area contributed by atoms with Crippen LogP contribution in [0.5, 0.6) is 11.5 Å². The maximum absolute atomic E-state index is 5.79. The van der Waals surface area contributed by atoms with E-state index in [9.17, 15) is 0 Å². The first-order valence-electron chi connectivity index (χ1n) is 6.80. The van der Waals surface area contributed by atoms with Crippen molar-refractivity contribution in [3.8, 4) is 11.5 Å². The number of ether oxygens (including phenoxy) is 3. The lowest BCUT2D eigenvalue weighted by molar-refractivity contribution is 0.150. The van der Waals surface area contributed by atoms with Crippen molar-refractivity contribution in [2.45, 2.75) is 6.42 Å². The Morgan fingerprint density at radius 3 is 2.74 bits per heavy atom. The first-order chi connectivity index (χ1) is 9.33. The number of nitrogens with zero attached hydrogens (tertiary/aromatic N) is 1. The molecule has 4 nitrogen and oxygen atoms in total. The van der Waals surface area contributed by atoms with Gasteiger partial charge in [-0.05, 0) is 31.0 Å². The molecule has 1 heterocycles. The number of benzene rings is 1. The van der Waals surface area contributed by atoms with Gasteiger partial charge in [0.2, 0.25) is 0 Å². The third kappa shape index (κ3) is 4.11. The van der Waals surface area contributed by atoms with E-state index in [-0.39, 0.29) is 0 Å².